The fraction of sp³-hybridized carbons (Fsp3) is 0. The molecule has 7 heteroatoms. The van der Waals surface area contributed by atoms with E-state index in [4.69, 9.17) is 0 Å². The van der Waals surface area contributed by atoms with Gasteiger partial charge in [0, 0.05) is 0 Å². The zero-order valence-corrected chi connectivity index (χ0v) is 12.2. The molecule has 0 aliphatic carbocycles. The van der Waals surface area contributed by atoms with Gasteiger partial charge in [-0.1, -0.05) is 0 Å². The molecule has 0 unspecified atom stereocenters. The zero-order valence-electron chi connectivity index (χ0n) is 3.36. The van der Waals surface area contributed by atoms with E-state index in [0.717, 1.165) is 0 Å². The van der Waals surface area contributed by atoms with Crippen molar-refractivity contribution < 1.29 is 41.4 Å². The molecule has 0 rings (SSSR count). The van der Waals surface area contributed by atoms with Gasteiger partial charge in [-0.15, -0.1) is 0 Å². The Kier molecular flexibility index (Phi) is 1690. The Labute approximate surface area is 90.7 Å². The molecule has 0 heterocycles. The molecule has 0 amide bonds. The summed E-state index contributed by atoms with van der Waals surface area (Å²) >= 11 is 0. The summed E-state index contributed by atoms with van der Waals surface area (Å²) < 4.78 is 0. The fourth-order valence-corrected chi connectivity index (χ4v) is 0. The topological polar surface area (TPSA) is 114 Å². The molecule has 4 nitrogen and oxygen atoms in total. The van der Waals surface area contributed by atoms with Crippen LogP contribution in [0.4, 0.5) is 0 Å². The predicted molar refractivity (Wildman–Crippen MR) is 14.3 cm³/mol. The normalized spacial score (nSPS) is 0. The molecule has 0 aliphatic heterocycles. The number of rotatable bonds is 0. The van der Waals surface area contributed by atoms with E-state index in [0.29, 0.717) is 0 Å². The van der Waals surface area contributed by atoms with Gasteiger partial charge in [-0.3, -0.25) is 0 Å². The summed E-state index contributed by atoms with van der Waals surface area (Å²) in [5, 5.41) is 0. The van der Waals surface area contributed by atoms with Gasteiger partial charge in [-0.05, 0) is 0 Å². The van der Waals surface area contributed by atoms with Gasteiger partial charge in [0.05, 0.1) is 0 Å². The van der Waals surface area contributed by atoms with Crippen molar-refractivity contribution in [3.63, 3.8) is 0 Å². The van der Waals surface area contributed by atoms with Crippen molar-refractivity contribution in [2.75, 3.05) is 0 Å². The minimum atomic E-state index is 0. The first-order valence-corrected chi connectivity index (χ1v) is 0. The van der Waals surface area contributed by atoms with Crippen LogP contribution in [-0.2, 0) is 41.4 Å². The molecule has 0 aromatic carbocycles. The molecule has 34 valence electrons. The van der Waals surface area contributed by atoms with Gasteiger partial charge in [0.25, 0.3) is 0 Å². The smallest absolute Gasteiger partial charge is 2.00 e. The molecule has 0 aromatic rings. The van der Waals surface area contributed by atoms with Crippen LogP contribution in [0, 0.1) is 0 Å². The molecular weight excluding hydrogens is 366 g/mol. The molecule has 0 bridgehead atoms. The van der Waals surface area contributed by atoms with E-state index in [9.17, 15) is 0 Å². The largest absolute Gasteiger partial charge is 3.00 e. The summed E-state index contributed by atoms with van der Waals surface area (Å²) in [6.07, 6.45) is 0. The summed E-state index contributed by atoms with van der Waals surface area (Å²) in [6.45, 7) is 0. The fourth-order valence-electron chi connectivity index (χ4n) is 0. The van der Waals surface area contributed by atoms with Gasteiger partial charge >= 0.3 is 69.7 Å². The van der Waals surface area contributed by atoms with Crippen LogP contribution < -0.4 is 0 Å². The Morgan fingerprint density at radius 2 is 0.571 bits per heavy atom. The van der Waals surface area contributed by atoms with Gasteiger partial charge in [-0.25, -0.2) is 0 Å². The van der Waals surface area contributed by atoms with Crippen molar-refractivity contribution in [2.24, 2.45) is 0 Å². The average Bonchev–Trinajstić information content (AvgIpc) is 0. The predicted octanol–water partition coefficient (Wildman–Crippen LogP) is -1.24. The van der Waals surface area contributed by atoms with Crippen LogP contribution in [0.15, 0.2) is 0 Å². The van der Waals surface area contributed by atoms with Gasteiger partial charge in [-0.2, -0.15) is 0 Å². The molecule has 7 heavy (non-hydrogen) atoms. The van der Waals surface area contributed by atoms with Crippen molar-refractivity contribution in [3.8, 4) is 0 Å². The third kappa shape index (κ3) is 66.6. The van der Waals surface area contributed by atoms with Crippen LogP contribution in [-0.4, -0.2) is 50.3 Å². The molecule has 0 saturated carbocycles. The Bertz CT molecular complexity index is 11.7. The Morgan fingerprint density at radius 1 is 0.571 bits per heavy atom. The molecule has 0 aliphatic rings. The van der Waals surface area contributed by atoms with Crippen molar-refractivity contribution in [3.05, 3.63) is 0 Å². The van der Waals surface area contributed by atoms with Gasteiger partial charge in [0.1, 0.15) is 0 Å². The summed E-state index contributed by atoms with van der Waals surface area (Å²) in [4.78, 5) is 0. The van der Waals surface area contributed by atoms with Crippen molar-refractivity contribution in [1.82, 2.24) is 0 Å². The first-order valence-electron chi connectivity index (χ1n) is 0. The number of hydrogen-bond donors (Lipinski definition) is 0. The van der Waals surface area contributed by atoms with Crippen LogP contribution in [0.1, 0.15) is 0 Å². The quantitative estimate of drug-likeness (QED) is 0.478. The molecule has 0 saturated heterocycles. The summed E-state index contributed by atoms with van der Waals surface area (Å²) in [5.41, 5.74) is 0. The van der Waals surface area contributed by atoms with Crippen LogP contribution in [0.3, 0.4) is 0 Å². The van der Waals surface area contributed by atoms with E-state index in [-0.39, 0.29) is 91.7 Å². The zero-order chi connectivity index (χ0) is 0. The SMILES string of the molecule is [In+3].[O-2].[O-2].[O-2].[O-2].[Sb+3].[Zn+2]. The van der Waals surface area contributed by atoms with E-state index < -0.39 is 0 Å². The maximum atomic E-state index is 0. The van der Waals surface area contributed by atoms with E-state index in [1.165, 1.54) is 0 Å². The summed E-state index contributed by atoms with van der Waals surface area (Å²) in [6, 6.07) is 0. The summed E-state index contributed by atoms with van der Waals surface area (Å²) in [5.74, 6) is 0. The second-order valence-corrected chi connectivity index (χ2v) is 0. The van der Waals surface area contributed by atoms with Crippen LogP contribution in [0.2, 0.25) is 0 Å². The standard InChI is InChI=1S/In.4O.Sb.Zn/q+3;4*-2;+3;+2. The van der Waals surface area contributed by atoms with E-state index in [1.54, 1.807) is 0 Å². The minimum absolute atomic E-state index is 0. The van der Waals surface area contributed by atoms with Crippen molar-refractivity contribution in [2.45, 2.75) is 0 Å². The maximum Gasteiger partial charge on any atom is 3.00 e. The van der Waals surface area contributed by atoms with E-state index in [1.807, 2.05) is 0 Å². The molecular formula is InO4SbZn. The first kappa shape index (κ1) is 131. The summed E-state index contributed by atoms with van der Waals surface area (Å²) in [7, 11) is 0. The molecule has 0 atom stereocenters. The Morgan fingerprint density at radius 3 is 0.571 bits per heavy atom. The van der Waals surface area contributed by atoms with Crippen molar-refractivity contribution >= 4 is 50.3 Å². The van der Waals surface area contributed by atoms with Crippen LogP contribution in [0.5, 0.6) is 0 Å². The second-order valence-electron chi connectivity index (χ2n) is 0. The average molecular weight is 366 g/mol. The Hall–Kier alpha value is 2.15. The molecule has 0 fully saturated rings. The van der Waals surface area contributed by atoms with Gasteiger partial charge in [0.2, 0.25) is 0 Å². The monoisotopic (exact) mass is 364 g/mol. The van der Waals surface area contributed by atoms with E-state index >= 15 is 0 Å². The van der Waals surface area contributed by atoms with Crippen molar-refractivity contribution in [1.29, 1.82) is 0 Å². The van der Waals surface area contributed by atoms with Crippen LogP contribution in [0.25, 0.3) is 0 Å². The molecule has 0 N–H and O–H groups in total. The van der Waals surface area contributed by atoms with Gasteiger partial charge in [0.15, 0.2) is 0 Å². The third-order valence-electron chi connectivity index (χ3n) is 0. The van der Waals surface area contributed by atoms with Gasteiger partial charge < -0.3 is 21.9 Å². The molecule has 0 aromatic heterocycles. The number of hydrogen-bond acceptors (Lipinski definition) is 0. The minimum Gasteiger partial charge on any atom is -2.00 e. The first-order chi connectivity index (χ1) is 0. The molecule has 2 radical (unpaired) electrons. The molecule has 0 spiro atoms. The maximum absolute atomic E-state index is 0. The second kappa shape index (κ2) is 90.1. The Balaban J connectivity index is 0. The van der Waals surface area contributed by atoms with E-state index in [2.05, 4.69) is 0 Å². The van der Waals surface area contributed by atoms with Crippen LogP contribution >= 0.6 is 0 Å². The third-order valence-corrected chi connectivity index (χ3v) is 0.